The summed E-state index contributed by atoms with van der Waals surface area (Å²) in [4.78, 5) is 2.04. The van der Waals surface area contributed by atoms with Gasteiger partial charge in [0.25, 0.3) is 0 Å². The molecule has 1 aromatic rings. The molecule has 1 unspecified atom stereocenters. The molecule has 0 radical (unpaired) electrons. The second-order valence-electron chi connectivity index (χ2n) is 4.23. The minimum absolute atomic E-state index is 0.134. The average molecular weight is 237 g/mol. The lowest BCUT2D eigenvalue weighted by Gasteiger charge is -2.22. The van der Waals surface area contributed by atoms with E-state index in [1.54, 1.807) is 0 Å². The van der Waals surface area contributed by atoms with Crippen molar-refractivity contribution in [2.24, 2.45) is 0 Å². The molecule has 2 N–H and O–H groups in total. The smallest absolute Gasteiger partial charge is 0.0916 e. The van der Waals surface area contributed by atoms with Gasteiger partial charge in [-0.2, -0.15) is 0 Å². The van der Waals surface area contributed by atoms with Gasteiger partial charge in [0.15, 0.2) is 0 Å². The van der Waals surface area contributed by atoms with Crippen molar-refractivity contribution in [2.45, 2.75) is 26.4 Å². The molecule has 0 bridgehead atoms. The zero-order chi connectivity index (χ0) is 12.7. The molecule has 96 valence electrons. The summed E-state index contributed by atoms with van der Waals surface area (Å²) in [6.07, 6.45) is 0.537. The number of aryl methyl sites for hydroxylation is 1. The third-order valence-electron chi connectivity index (χ3n) is 3.07. The second kappa shape index (κ2) is 7.43. The standard InChI is InChI=1S/C14H23NO2/c1-3-12-5-7-13(8-6-12)14(17)11-15(4-2)9-10-16/h5-8,14,16-17H,3-4,9-11H2,1-2H3. The van der Waals surface area contributed by atoms with Gasteiger partial charge in [-0.05, 0) is 24.1 Å². The molecule has 0 aliphatic carbocycles. The summed E-state index contributed by atoms with van der Waals surface area (Å²) in [6, 6.07) is 8.08. The molecule has 0 fully saturated rings. The average Bonchev–Trinajstić information content (AvgIpc) is 2.38. The van der Waals surface area contributed by atoms with Gasteiger partial charge in [0.1, 0.15) is 0 Å². The summed E-state index contributed by atoms with van der Waals surface area (Å²) in [5.74, 6) is 0. The Morgan fingerprint density at radius 2 is 1.82 bits per heavy atom. The Kier molecular flexibility index (Phi) is 6.19. The number of hydrogen-bond acceptors (Lipinski definition) is 3. The lowest BCUT2D eigenvalue weighted by Crippen LogP contribution is -2.31. The highest BCUT2D eigenvalue weighted by atomic mass is 16.3. The van der Waals surface area contributed by atoms with Gasteiger partial charge in [-0.25, -0.2) is 0 Å². The fourth-order valence-corrected chi connectivity index (χ4v) is 1.85. The highest BCUT2D eigenvalue weighted by molar-refractivity contribution is 5.24. The maximum Gasteiger partial charge on any atom is 0.0916 e. The Morgan fingerprint density at radius 3 is 2.29 bits per heavy atom. The van der Waals surface area contributed by atoms with Gasteiger partial charge >= 0.3 is 0 Å². The Hall–Kier alpha value is -0.900. The van der Waals surface area contributed by atoms with Crippen LogP contribution in [0.4, 0.5) is 0 Å². The first-order chi connectivity index (χ1) is 8.21. The Bertz CT molecular complexity index is 311. The van der Waals surface area contributed by atoms with Gasteiger partial charge in [0.05, 0.1) is 12.7 Å². The molecule has 0 aromatic heterocycles. The highest BCUT2D eigenvalue weighted by Crippen LogP contribution is 2.15. The topological polar surface area (TPSA) is 43.7 Å². The molecular formula is C14H23NO2. The number of aliphatic hydroxyl groups is 2. The molecule has 0 heterocycles. The first kappa shape index (κ1) is 14.2. The zero-order valence-corrected chi connectivity index (χ0v) is 10.8. The maximum atomic E-state index is 10.1. The molecule has 1 aromatic carbocycles. The number of aliphatic hydroxyl groups excluding tert-OH is 2. The van der Waals surface area contributed by atoms with Crippen molar-refractivity contribution in [1.82, 2.24) is 4.90 Å². The van der Waals surface area contributed by atoms with Gasteiger partial charge in [-0.15, -0.1) is 0 Å². The van der Waals surface area contributed by atoms with Crippen molar-refractivity contribution in [1.29, 1.82) is 0 Å². The molecule has 1 atom stereocenters. The van der Waals surface area contributed by atoms with E-state index in [4.69, 9.17) is 5.11 Å². The number of likely N-dealkylation sites (N-methyl/N-ethyl adjacent to an activating group) is 1. The van der Waals surface area contributed by atoms with E-state index in [2.05, 4.69) is 19.1 Å². The van der Waals surface area contributed by atoms with Crippen LogP contribution in [0.5, 0.6) is 0 Å². The van der Waals surface area contributed by atoms with E-state index in [9.17, 15) is 5.11 Å². The van der Waals surface area contributed by atoms with E-state index in [1.165, 1.54) is 5.56 Å². The lowest BCUT2D eigenvalue weighted by molar-refractivity contribution is 0.103. The molecular weight excluding hydrogens is 214 g/mol. The predicted molar refractivity (Wildman–Crippen MR) is 70.0 cm³/mol. The maximum absolute atomic E-state index is 10.1. The fourth-order valence-electron chi connectivity index (χ4n) is 1.85. The van der Waals surface area contributed by atoms with Gasteiger partial charge < -0.3 is 10.2 Å². The van der Waals surface area contributed by atoms with Crippen LogP contribution in [0, 0.1) is 0 Å². The van der Waals surface area contributed by atoms with E-state index >= 15 is 0 Å². The molecule has 0 aliphatic heterocycles. The van der Waals surface area contributed by atoms with E-state index in [0.717, 1.165) is 18.5 Å². The summed E-state index contributed by atoms with van der Waals surface area (Å²) in [5.41, 5.74) is 2.22. The van der Waals surface area contributed by atoms with Crippen LogP contribution in [0.1, 0.15) is 31.1 Å². The van der Waals surface area contributed by atoms with E-state index in [1.807, 2.05) is 24.0 Å². The van der Waals surface area contributed by atoms with Gasteiger partial charge in [-0.1, -0.05) is 38.1 Å². The molecule has 0 amide bonds. The first-order valence-electron chi connectivity index (χ1n) is 6.31. The fraction of sp³-hybridized carbons (Fsp3) is 0.571. The number of nitrogens with zero attached hydrogens (tertiary/aromatic N) is 1. The van der Waals surface area contributed by atoms with Crippen LogP contribution in [0.2, 0.25) is 0 Å². The van der Waals surface area contributed by atoms with Gasteiger partial charge in [-0.3, -0.25) is 4.90 Å². The van der Waals surface area contributed by atoms with Crippen molar-refractivity contribution in [3.05, 3.63) is 35.4 Å². The van der Waals surface area contributed by atoms with Crippen LogP contribution in [-0.2, 0) is 6.42 Å². The van der Waals surface area contributed by atoms with Crippen molar-refractivity contribution in [2.75, 3.05) is 26.2 Å². The molecule has 3 heteroatoms. The number of rotatable bonds is 7. The summed E-state index contributed by atoms with van der Waals surface area (Å²) in [7, 11) is 0. The quantitative estimate of drug-likeness (QED) is 0.757. The van der Waals surface area contributed by atoms with Crippen LogP contribution >= 0.6 is 0 Å². The minimum Gasteiger partial charge on any atom is -0.395 e. The summed E-state index contributed by atoms with van der Waals surface area (Å²) < 4.78 is 0. The molecule has 0 saturated carbocycles. The van der Waals surface area contributed by atoms with Crippen molar-refractivity contribution < 1.29 is 10.2 Å². The molecule has 1 rings (SSSR count). The summed E-state index contributed by atoms with van der Waals surface area (Å²) in [5, 5.41) is 19.0. The number of hydrogen-bond donors (Lipinski definition) is 2. The van der Waals surface area contributed by atoms with Crippen LogP contribution in [0.25, 0.3) is 0 Å². The second-order valence-corrected chi connectivity index (χ2v) is 4.23. The van der Waals surface area contributed by atoms with Crippen LogP contribution in [0.3, 0.4) is 0 Å². The highest BCUT2D eigenvalue weighted by Gasteiger charge is 2.11. The molecule has 0 saturated heterocycles. The van der Waals surface area contributed by atoms with E-state index in [-0.39, 0.29) is 6.61 Å². The largest absolute Gasteiger partial charge is 0.395 e. The Morgan fingerprint density at radius 1 is 1.18 bits per heavy atom. The normalized spacial score (nSPS) is 13.0. The van der Waals surface area contributed by atoms with Crippen molar-refractivity contribution >= 4 is 0 Å². The SMILES string of the molecule is CCc1ccc(C(O)CN(CC)CCO)cc1. The summed E-state index contributed by atoms with van der Waals surface area (Å²) in [6.45, 7) is 6.30. The van der Waals surface area contributed by atoms with E-state index < -0.39 is 6.10 Å². The van der Waals surface area contributed by atoms with Gasteiger partial charge in [0, 0.05) is 13.1 Å². The predicted octanol–water partition coefficient (Wildman–Crippen LogP) is 1.60. The molecule has 3 nitrogen and oxygen atoms in total. The zero-order valence-electron chi connectivity index (χ0n) is 10.8. The van der Waals surface area contributed by atoms with Gasteiger partial charge in [0.2, 0.25) is 0 Å². The minimum atomic E-state index is -0.479. The lowest BCUT2D eigenvalue weighted by atomic mass is 10.1. The van der Waals surface area contributed by atoms with E-state index in [0.29, 0.717) is 13.1 Å². The molecule has 17 heavy (non-hydrogen) atoms. The third-order valence-corrected chi connectivity index (χ3v) is 3.07. The van der Waals surface area contributed by atoms with Crippen LogP contribution in [0.15, 0.2) is 24.3 Å². The number of benzene rings is 1. The molecule has 0 spiro atoms. The van der Waals surface area contributed by atoms with Crippen molar-refractivity contribution in [3.8, 4) is 0 Å². The third kappa shape index (κ3) is 4.46. The molecule has 0 aliphatic rings. The first-order valence-corrected chi connectivity index (χ1v) is 6.31. The Labute approximate surface area is 104 Å². The van der Waals surface area contributed by atoms with Crippen LogP contribution in [-0.4, -0.2) is 41.4 Å². The van der Waals surface area contributed by atoms with Crippen LogP contribution < -0.4 is 0 Å². The summed E-state index contributed by atoms with van der Waals surface area (Å²) >= 11 is 0. The monoisotopic (exact) mass is 237 g/mol. The Balaban J connectivity index is 2.58. The van der Waals surface area contributed by atoms with Crippen molar-refractivity contribution in [3.63, 3.8) is 0 Å².